The molecule has 0 aliphatic carbocycles. The minimum Gasteiger partial charge on any atom is -0.322 e. The van der Waals surface area contributed by atoms with Crippen LogP contribution in [0.4, 0.5) is 11.4 Å². The van der Waals surface area contributed by atoms with Crippen molar-refractivity contribution in [1.82, 2.24) is 40.4 Å². The van der Waals surface area contributed by atoms with Gasteiger partial charge in [-0.25, -0.2) is 10.2 Å². The SMILES string of the molecule is O=C(Nc1cccc(-n2nnc(=S)[nH]2)c1)c1ccccc1S(=O)(=O)O.O=C(Nc1cccc(-n2nnc(=S)[nH]2)c1)c1ccccc1S(=O)(=O)O.[K].[K].[K]. The van der Waals surface area contributed by atoms with Crippen molar-refractivity contribution >= 4 is 222 Å². The summed E-state index contributed by atoms with van der Waals surface area (Å²) in [4.78, 5) is 26.5. The summed E-state index contributed by atoms with van der Waals surface area (Å²) < 4.78 is 64.5. The predicted octanol–water partition coefficient (Wildman–Crippen LogP) is 2.51. The fourth-order valence-electron chi connectivity index (χ4n) is 4.26. The van der Waals surface area contributed by atoms with E-state index in [1.54, 1.807) is 48.5 Å². The third kappa shape index (κ3) is 13.6. The van der Waals surface area contributed by atoms with E-state index in [1.165, 1.54) is 46.0 Å². The summed E-state index contributed by atoms with van der Waals surface area (Å²) in [5.74, 6) is -1.37. The molecule has 53 heavy (non-hydrogen) atoms. The molecular weight excluding hydrogens is 850 g/mol. The first-order valence-corrected chi connectivity index (χ1v) is 17.4. The number of carbonyl (C=O) groups excluding carboxylic acids is 2. The van der Waals surface area contributed by atoms with Gasteiger partial charge in [-0.3, -0.25) is 18.7 Å². The van der Waals surface area contributed by atoms with Crippen LogP contribution in [-0.4, -0.2) is 232 Å². The fraction of sp³-hybridized carbons (Fsp3) is 0. The fourth-order valence-corrected chi connectivity index (χ4v) is 5.88. The van der Waals surface area contributed by atoms with Gasteiger partial charge in [0.2, 0.25) is 9.54 Å². The first-order valence-electron chi connectivity index (χ1n) is 13.7. The monoisotopic (exact) mass is 871 g/mol. The zero-order valence-electron chi connectivity index (χ0n) is 27.9. The second-order valence-corrected chi connectivity index (χ2v) is 13.3. The van der Waals surface area contributed by atoms with E-state index in [-0.39, 0.29) is 175 Å². The molecule has 6 aromatic rings. The van der Waals surface area contributed by atoms with E-state index >= 15 is 0 Å². The zero-order valence-corrected chi connectivity index (χ0v) is 40.5. The van der Waals surface area contributed by atoms with Crippen molar-refractivity contribution in [1.29, 1.82) is 0 Å². The maximum Gasteiger partial charge on any atom is 0.295 e. The molecule has 6 rings (SSSR count). The van der Waals surface area contributed by atoms with Crippen LogP contribution in [0.15, 0.2) is 107 Å². The first-order chi connectivity index (χ1) is 23.7. The van der Waals surface area contributed by atoms with Crippen LogP contribution < -0.4 is 10.6 Å². The molecular formula is C28H22K3N10O8S4. The number of amides is 2. The normalized spacial score (nSPS) is 10.6. The van der Waals surface area contributed by atoms with Gasteiger partial charge in [-0.15, -0.1) is 0 Å². The number of carbonyl (C=O) groups is 2. The number of hydrogen-bond acceptors (Lipinski definition) is 12. The van der Waals surface area contributed by atoms with Crippen LogP contribution in [0.5, 0.6) is 0 Å². The van der Waals surface area contributed by atoms with Crippen molar-refractivity contribution in [3.63, 3.8) is 0 Å². The van der Waals surface area contributed by atoms with Crippen molar-refractivity contribution in [2.75, 3.05) is 10.6 Å². The van der Waals surface area contributed by atoms with Crippen LogP contribution in [0.2, 0.25) is 0 Å². The zero-order chi connectivity index (χ0) is 36.1. The van der Waals surface area contributed by atoms with Gasteiger partial charge in [0, 0.05) is 166 Å². The summed E-state index contributed by atoms with van der Waals surface area (Å²) in [5.41, 5.74) is 1.56. The van der Waals surface area contributed by atoms with Gasteiger partial charge in [-0.05, 0) is 95.5 Å². The van der Waals surface area contributed by atoms with Gasteiger partial charge in [-0.2, -0.15) is 26.4 Å². The van der Waals surface area contributed by atoms with Crippen molar-refractivity contribution in [2.45, 2.75) is 9.79 Å². The number of tetrazole rings is 2. The molecule has 0 aliphatic rings. The summed E-state index contributed by atoms with van der Waals surface area (Å²) in [6.45, 7) is 0. The summed E-state index contributed by atoms with van der Waals surface area (Å²) >= 11 is 9.70. The molecule has 0 aliphatic heterocycles. The van der Waals surface area contributed by atoms with Crippen LogP contribution in [0.25, 0.3) is 11.4 Å². The molecule has 0 bridgehead atoms. The molecule has 2 aromatic heterocycles. The largest absolute Gasteiger partial charge is 0.322 e. The molecule has 0 atom stereocenters. The molecule has 4 aromatic carbocycles. The van der Waals surface area contributed by atoms with Gasteiger partial charge in [0.15, 0.2) is 0 Å². The molecule has 0 saturated heterocycles. The van der Waals surface area contributed by atoms with E-state index in [0.717, 1.165) is 12.1 Å². The standard InChI is InChI=1S/2C14H11N5O4S2.3K/c2*20-13(11-6-1-2-7-12(11)25(21,22)23)15-9-4-3-5-10(8-9)19-17-14(24)16-18-19;;;/h2*1-8H,(H,15,20)(H,17,24)(H,21,22,23);;;. The number of anilines is 2. The molecule has 18 nitrogen and oxygen atoms in total. The predicted molar refractivity (Wildman–Crippen MR) is 199 cm³/mol. The minimum absolute atomic E-state index is 0. The number of nitrogens with zero attached hydrogens (tertiary/aromatic N) is 6. The molecule has 2 amide bonds. The van der Waals surface area contributed by atoms with Crippen LogP contribution in [-0.2, 0) is 20.2 Å². The Kier molecular flexibility index (Phi) is 19.7. The Morgan fingerprint density at radius 1 is 0.585 bits per heavy atom. The molecule has 2 heterocycles. The van der Waals surface area contributed by atoms with E-state index in [2.05, 4.69) is 41.5 Å². The van der Waals surface area contributed by atoms with Crippen LogP contribution in [0, 0.1) is 9.54 Å². The average Bonchev–Trinajstić information content (AvgIpc) is 3.72. The van der Waals surface area contributed by atoms with E-state index in [1.807, 2.05) is 0 Å². The minimum atomic E-state index is -4.52. The number of H-pyrrole nitrogens is 2. The van der Waals surface area contributed by atoms with Crippen molar-refractivity contribution in [3.05, 3.63) is 118 Å². The third-order valence-corrected chi connectivity index (χ3v) is 8.54. The Morgan fingerprint density at radius 3 is 1.26 bits per heavy atom. The van der Waals surface area contributed by atoms with Crippen molar-refractivity contribution in [3.8, 4) is 11.4 Å². The summed E-state index contributed by atoms with van der Waals surface area (Å²) in [6.07, 6.45) is 0. The van der Waals surface area contributed by atoms with Gasteiger partial charge < -0.3 is 10.6 Å². The van der Waals surface area contributed by atoms with E-state index in [4.69, 9.17) is 24.4 Å². The Bertz CT molecular complexity index is 2400. The van der Waals surface area contributed by atoms with Gasteiger partial charge >= 0.3 is 0 Å². The molecule has 3 radical (unpaired) electrons. The van der Waals surface area contributed by atoms with Gasteiger partial charge in [0.25, 0.3) is 32.1 Å². The average molecular weight is 872 g/mol. The quantitative estimate of drug-likeness (QED) is 0.0730. The van der Waals surface area contributed by atoms with E-state index < -0.39 is 41.8 Å². The number of hydrogen-bond donors (Lipinski definition) is 6. The van der Waals surface area contributed by atoms with Crippen molar-refractivity contribution < 1.29 is 35.5 Å². The first kappa shape index (κ1) is 48.3. The number of nitrogens with one attached hydrogen (secondary N) is 4. The molecule has 25 heteroatoms. The topological polar surface area (TPSA) is 260 Å². The Hall–Kier alpha value is -0.871. The molecule has 0 unspecified atom stereocenters. The summed E-state index contributed by atoms with van der Waals surface area (Å²) in [6, 6.07) is 23.9. The molecule has 259 valence electrons. The Balaban J connectivity index is 0.000000347. The third-order valence-electron chi connectivity index (χ3n) is 6.37. The Labute approximate surface area is 439 Å². The van der Waals surface area contributed by atoms with E-state index in [9.17, 15) is 35.5 Å². The maximum atomic E-state index is 12.4. The second kappa shape index (κ2) is 21.6. The van der Waals surface area contributed by atoms with E-state index in [0.29, 0.717) is 22.7 Å². The number of benzene rings is 4. The second-order valence-electron chi connectivity index (χ2n) is 9.79. The smallest absolute Gasteiger partial charge is 0.295 e. The van der Waals surface area contributed by atoms with Crippen molar-refractivity contribution in [2.24, 2.45) is 0 Å². The van der Waals surface area contributed by atoms with Gasteiger partial charge in [0.1, 0.15) is 9.79 Å². The molecule has 0 saturated carbocycles. The summed E-state index contributed by atoms with van der Waals surface area (Å²) in [5, 5.41) is 25.5. The number of aromatic nitrogens is 8. The molecule has 0 spiro atoms. The van der Waals surface area contributed by atoms with Crippen LogP contribution in [0.1, 0.15) is 20.7 Å². The van der Waals surface area contributed by atoms with Gasteiger partial charge in [0.05, 0.1) is 22.5 Å². The van der Waals surface area contributed by atoms with Gasteiger partial charge in [-0.1, -0.05) is 46.6 Å². The Morgan fingerprint density at radius 2 is 0.943 bits per heavy atom. The summed E-state index contributed by atoms with van der Waals surface area (Å²) in [7, 11) is -9.04. The number of aromatic amines is 2. The van der Waals surface area contributed by atoms with Crippen LogP contribution >= 0.6 is 24.4 Å². The molecule has 0 fully saturated rings. The van der Waals surface area contributed by atoms with Crippen LogP contribution in [0.3, 0.4) is 0 Å². The molecule has 6 N–H and O–H groups in total. The maximum absolute atomic E-state index is 12.4. The number of rotatable bonds is 8.